The predicted molar refractivity (Wildman–Crippen MR) is 82.0 cm³/mol. The van der Waals surface area contributed by atoms with Crippen molar-refractivity contribution in [1.82, 2.24) is 5.32 Å². The Bertz CT molecular complexity index is 501. The molecule has 0 unspecified atom stereocenters. The lowest BCUT2D eigenvalue weighted by Gasteiger charge is -2.24. The normalized spacial score (nSPS) is 10.9. The maximum absolute atomic E-state index is 12.0. The molecular weight excluding hydrogens is 310 g/mol. The number of halogens is 1. The van der Waals surface area contributed by atoms with Crippen molar-refractivity contribution < 1.29 is 23.8 Å². The molecule has 0 saturated carbocycles. The van der Waals surface area contributed by atoms with Crippen LogP contribution in [0.15, 0.2) is 24.3 Å². The van der Waals surface area contributed by atoms with Crippen LogP contribution in [0.25, 0.3) is 0 Å². The summed E-state index contributed by atoms with van der Waals surface area (Å²) in [5, 5.41) is 3.12. The van der Waals surface area contributed by atoms with Crippen molar-refractivity contribution in [3.8, 4) is 5.75 Å². The Morgan fingerprint density at radius 2 is 1.86 bits per heavy atom. The van der Waals surface area contributed by atoms with E-state index in [1.165, 1.54) is 7.11 Å². The number of amides is 1. The Morgan fingerprint density at radius 3 is 2.45 bits per heavy atom. The summed E-state index contributed by atoms with van der Waals surface area (Å²) in [4.78, 5) is 23.4. The van der Waals surface area contributed by atoms with Crippen molar-refractivity contribution in [3.63, 3.8) is 0 Å². The zero-order valence-electron chi connectivity index (χ0n) is 12.8. The SMILES string of the molecule is COCCNC(=O)COC(=O)C(C)(C)Oc1ccc(Cl)cc1. The highest BCUT2D eigenvalue weighted by Crippen LogP contribution is 2.21. The number of rotatable bonds is 8. The highest BCUT2D eigenvalue weighted by molar-refractivity contribution is 6.30. The average Bonchev–Trinajstić information content (AvgIpc) is 2.47. The third kappa shape index (κ3) is 6.32. The molecule has 0 fully saturated rings. The topological polar surface area (TPSA) is 73.9 Å². The minimum Gasteiger partial charge on any atom is -0.476 e. The summed E-state index contributed by atoms with van der Waals surface area (Å²) in [5.74, 6) is -0.548. The van der Waals surface area contributed by atoms with Gasteiger partial charge < -0.3 is 19.5 Å². The van der Waals surface area contributed by atoms with Gasteiger partial charge >= 0.3 is 5.97 Å². The zero-order chi connectivity index (χ0) is 16.6. The molecular formula is C15H20ClNO5. The van der Waals surface area contributed by atoms with Crippen LogP contribution in [-0.2, 0) is 19.1 Å². The van der Waals surface area contributed by atoms with Crippen LogP contribution in [0.3, 0.4) is 0 Å². The maximum atomic E-state index is 12.0. The molecule has 6 nitrogen and oxygen atoms in total. The summed E-state index contributed by atoms with van der Waals surface area (Å²) in [6.45, 7) is 3.51. The Balaban J connectivity index is 2.45. The van der Waals surface area contributed by atoms with Crippen molar-refractivity contribution in [2.45, 2.75) is 19.4 Å². The number of carbonyl (C=O) groups is 2. The molecule has 0 bridgehead atoms. The minimum absolute atomic E-state index is 0.359. The highest BCUT2D eigenvalue weighted by atomic mass is 35.5. The molecule has 0 aromatic heterocycles. The third-order valence-electron chi connectivity index (χ3n) is 2.64. The van der Waals surface area contributed by atoms with Crippen molar-refractivity contribution in [2.24, 2.45) is 0 Å². The van der Waals surface area contributed by atoms with Crippen LogP contribution < -0.4 is 10.1 Å². The Kier molecular flexibility index (Phi) is 7.14. The van der Waals surface area contributed by atoms with Crippen LogP contribution in [0, 0.1) is 0 Å². The molecule has 0 heterocycles. The lowest BCUT2D eigenvalue weighted by Crippen LogP contribution is -2.41. The largest absolute Gasteiger partial charge is 0.476 e. The van der Waals surface area contributed by atoms with E-state index in [0.29, 0.717) is 23.9 Å². The van der Waals surface area contributed by atoms with Gasteiger partial charge in [0.2, 0.25) is 0 Å². The van der Waals surface area contributed by atoms with Gasteiger partial charge in [-0.3, -0.25) is 4.79 Å². The van der Waals surface area contributed by atoms with E-state index >= 15 is 0 Å². The fourth-order valence-electron chi connectivity index (χ4n) is 1.49. The molecule has 122 valence electrons. The van der Waals surface area contributed by atoms with Gasteiger partial charge in [-0.1, -0.05) is 11.6 Å². The molecule has 7 heteroatoms. The van der Waals surface area contributed by atoms with Crippen LogP contribution in [0.5, 0.6) is 5.75 Å². The molecule has 1 aromatic rings. The number of nitrogens with one attached hydrogen (secondary N) is 1. The summed E-state index contributed by atoms with van der Waals surface area (Å²) in [7, 11) is 1.53. The standard InChI is InChI=1S/C15H20ClNO5/c1-15(2,22-12-6-4-11(16)5-7-12)14(19)21-10-13(18)17-8-9-20-3/h4-7H,8-10H2,1-3H3,(H,17,18). The average molecular weight is 330 g/mol. The van der Waals surface area contributed by atoms with Gasteiger partial charge in [-0.15, -0.1) is 0 Å². The summed E-state index contributed by atoms with van der Waals surface area (Å²) >= 11 is 5.78. The van der Waals surface area contributed by atoms with Crippen LogP contribution in [-0.4, -0.2) is 44.3 Å². The van der Waals surface area contributed by atoms with E-state index in [4.69, 9.17) is 25.8 Å². The second kappa shape index (κ2) is 8.60. The summed E-state index contributed by atoms with van der Waals surface area (Å²) in [6, 6.07) is 6.60. The molecule has 22 heavy (non-hydrogen) atoms. The van der Waals surface area contributed by atoms with Crippen LogP contribution in [0.2, 0.25) is 5.02 Å². The smallest absolute Gasteiger partial charge is 0.350 e. The van der Waals surface area contributed by atoms with Crippen molar-refractivity contribution in [3.05, 3.63) is 29.3 Å². The van der Waals surface area contributed by atoms with E-state index in [1.807, 2.05) is 0 Å². The second-order valence-corrected chi connectivity index (χ2v) is 5.42. The number of ether oxygens (including phenoxy) is 3. The van der Waals surface area contributed by atoms with Gasteiger partial charge in [-0.05, 0) is 38.1 Å². The number of carbonyl (C=O) groups excluding carboxylic acids is 2. The molecule has 0 atom stereocenters. The Morgan fingerprint density at radius 1 is 1.23 bits per heavy atom. The predicted octanol–water partition coefficient (Wildman–Crippen LogP) is 1.80. The summed E-state index contributed by atoms with van der Waals surface area (Å²) < 4.78 is 15.3. The molecule has 0 aliphatic rings. The van der Waals surface area contributed by atoms with Crippen molar-refractivity contribution >= 4 is 23.5 Å². The zero-order valence-corrected chi connectivity index (χ0v) is 13.6. The van der Waals surface area contributed by atoms with Gasteiger partial charge in [-0.25, -0.2) is 4.79 Å². The second-order valence-electron chi connectivity index (χ2n) is 4.99. The van der Waals surface area contributed by atoms with E-state index in [9.17, 15) is 9.59 Å². The summed E-state index contributed by atoms with van der Waals surface area (Å²) in [6.07, 6.45) is 0. The van der Waals surface area contributed by atoms with E-state index in [-0.39, 0.29) is 6.61 Å². The molecule has 0 aliphatic heterocycles. The van der Waals surface area contributed by atoms with E-state index in [2.05, 4.69) is 5.32 Å². The fraction of sp³-hybridized carbons (Fsp3) is 0.467. The van der Waals surface area contributed by atoms with Gasteiger partial charge in [0.1, 0.15) is 5.75 Å². The van der Waals surface area contributed by atoms with E-state index in [0.717, 1.165) is 0 Å². The van der Waals surface area contributed by atoms with Gasteiger partial charge in [0, 0.05) is 18.7 Å². The minimum atomic E-state index is -1.22. The fourth-order valence-corrected chi connectivity index (χ4v) is 1.61. The van der Waals surface area contributed by atoms with E-state index < -0.39 is 17.5 Å². The first-order valence-corrected chi connectivity index (χ1v) is 7.10. The van der Waals surface area contributed by atoms with Crippen molar-refractivity contribution in [2.75, 3.05) is 26.9 Å². The van der Waals surface area contributed by atoms with Crippen LogP contribution in [0.4, 0.5) is 0 Å². The highest BCUT2D eigenvalue weighted by Gasteiger charge is 2.32. The van der Waals surface area contributed by atoms with Crippen molar-refractivity contribution in [1.29, 1.82) is 0 Å². The first-order valence-electron chi connectivity index (χ1n) is 6.72. The molecule has 0 radical (unpaired) electrons. The van der Waals surface area contributed by atoms with Gasteiger partial charge in [0.25, 0.3) is 5.91 Å². The van der Waals surface area contributed by atoms with Crippen LogP contribution >= 0.6 is 11.6 Å². The molecule has 0 aliphatic carbocycles. The van der Waals surface area contributed by atoms with Gasteiger partial charge in [-0.2, -0.15) is 0 Å². The number of benzene rings is 1. The number of esters is 1. The lowest BCUT2D eigenvalue weighted by molar-refractivity contribution is -0.162. The van der Waals surface area contributed by atoms with Crippen LogP contribution in [0.1, 0.15) is 13.8 Å². The molecule has 0 saturated heterocycles. The van der Waals surface area contributed by atoms with E-state index in [1.54, 1.807) is 38.1 Å². The third-order valence-corrected chi connectivity index (χ3v) is 2.89. The Labute approximate surface area is 134 Å². The quantitative estimate of drug-likeness (QED) is 0.581. The maximum Gasteiger partial charge on any atom is 0.350 e. The number of hydrogen-bond acceptors (Lipinski definition) is 5. The monoisotopic (exact) mass is 329 g/mol. The van der Waals surface area contributed by atoms with Gasteiger partial charge in [0.15, 0.2) is 12.2 Å². The molecule has 1 N–H and O–H groups in total. The Hall–Kier alpha value is -1.79. The number of methoxy groups -OCH3 is 1. The molecule has 1 rings (SSSR count). The molecule has 1 amide bonds. The summed E-state index contributed by atoms with van der Waals surface area (Å²) in [5.41, 5.74) is -1.22. The number of hydrogen-bond donors (Lipinski definition) is 1. The molecule has 1 aromatic carbocycles. The van der Waals surface area contributed by atoms with Gasteiger partial charge in [0.05, 0.1) is 6.61 Å². The lowest BCUT2D eigenvalue weighted by atomic mass is 10.1. The first-order chi connectivity index (χ1) is 10.3. The molecule has 0 spiro atoms. The first kappa shape index (κ1) is 18.3.